The summed E-state index contributed by atoms with van der Waals surface area (Å²) in [6.07, 6.45) is 3.44. The zero-order valence-electron chi connectivity index (χ0n) is 14.1. The van der Waals surface area contributed by atoms with Gasteiger partial charge in [-0.2, -0.15) is 4.98 Å². The van der Waals surface area contributed by atoms with Crippen LogP contribution in [0.4, 0.5) is 5.95 Å². The van der Waals surface area contributed by atoms with Gasteiger partial charge in [-0.3, -0.25) is 0 Å². The summed E-state index contributed by atoms with van der Waals surface area (Å²) in [5, 5.41) is 0.817. The molecule has 0 unspecified atom stereocenters. The van der Waals surface area contributed by atoms with E-state index >= 15 is 0 Å². The Labute approximate surface area is 149 Å². The van der Waals surface area contributed by atoms with E-state index in [4.69, 9.17) is 15.2 Å². The third-order valence-corrected chi connectivity index (χ3v) is 3.98. The number of aromatic amines is 1. The molecule has 0 bridgehead atoms. The zero-order chi connectivity index (χ0) is 17.9. The SMILES string of the molecule is COc1cc(OCc2ccccc2)nc2[nH]cc(-c3ccnc(N)n3)c12. The first kappa shape index (κ1) is 15.9. The molecule has 0 aliphatic carbocycles. The molecule has 3 aromatic heterocycles. The van der Waals surface area contributed by atoms with Crippen molar-refractivity contribution in [2.75, 3.05) is 12.8 Å². The number of anilines is 1. The number of rotatable bonds is 5. The summed E-state index contributed by atoms with van der Waals surface area (Å²) in [6.45, 7) is 0.429. The van der Waals surface area contributed by atoms with Crippen LogP contribution in [0, 0.1) is 0 Å². The normalized spacial score (nSPS) is 10.8. The van der Waals surface area contributed by atoms with Gasteiger partial charge < -0.3 is 20.2 Å². The summed E-state index contributed by atoms with van der Waals surface area (Å²) in [7, 11) is 1.61. The number of hydrogen-bond acceptors (Lipinski definition) is 6. The van der Waals surface area contributed by atoms with Crippen LogP contribution in [0.5, 0.6) is 11.6 Å². The molecule has 4 aromatic rings. The van der Waals surface area contributed by atoms with E-state index in [1.807, 2.05) is 36.5 Å². The predicted octanol–water partition coefficient (Wildman–Crippen LogP) is 3.19. The molecule has 0 amide bonds. The van der Waals surface area contributed by atoms with Crippen molar-refractivity contribution in [2.24, 2.45) is 0 Å². The monoisotopic (exact) mass is 347 g/mol. The van der Waals surface area contributed by atoms with Gasteiger partial charge in [-0.15, -0.1) is 0 Å². The maximum atomic E-state index is 5.82. The summed E-state index contributed by atoms with van der Waals surface area (Å²) in [6, 6.07) is 13.5. The van der Waals surface area contributed by atoms with Crippen molar-refractivity contribution in [3.63, 3.8) is 0 Å². The second kappa shape index (κ2) is 6.72. The molecule has 0 aliphatic heterocycles. The number of H-pyrrole nitrogens is 1. The number of ether oxygens (including phenoxy) is 2. The second-order valence-electron chi connectivity index (χ2n) is 5.66. The van der Waals surface area contributed by atoms with E-state index in [1.165, 1.54) is 0 Å². The average molecular weight is 347 g/mol. The number of nitrogens with two attached hydrogens (primary N) is 1. The van der Waals surface area contributed by atoms with E-state index in [-0.39, 0.29) is 5.95 Å². The first-order valence-corrected chi connectivity index (χ1v) is 8.06. The standard InChI is InChI=1S/C19H17N5O2/c1-25-15-9-16(26-11-12-5-3-2-4-6-12)24-18-17(15)13(10-22-18)14-7-8-21-19(20)23-14/h2-10H,11H2,1H3,(H,22,24)(H2,20,21,23). The molecular formula is C19H17N5O2. The molecule has 0 saturated heterocycles. The highest BCUT2D eigenvalue weighted by Crippen LogP contribution is 2.36. The molecule has 3 heterocycles. The summed E-state index contributed by atoms with van der Waals surface area (Å²) >= 11 is 0. The Morgan fingerprint density at radius 2 is 1.96 bits per heavy atom. The summed E-state index contributed by atoms with van der Waals surface area (Å²) in [4.78, 5) is 15.9. The zero-order valence-corrected chi connectivity index (χ0v) is 14.1. The quantitative estimate of drug-likeness (QED) is 0.575. The molecule has 7 heteroatoms. The number of pyridine rings is 1. The van der Waals surface area contributed by atoms with E-state index in [9.17, 15) is 0 Å². The third kappa shape index (κ3) is 3.02. The van der Waals surface area contributed by atoms with Gasteiger partial charge in [0.2, 0.25) is 11.8 Å². The summed E-state index contributed by atoms with van der Waals surface area (Å²) in [5.41, 5.74) is 8.95. The Bertz CT molecular complexity index is 1050. The maximum Gasteiger partial charge on any atom is 0.220 e. The lowest BCUT2D eigenvalue weighted by atomic mass is 10.1. The Balaban J connectivity index is 1.71. The second-order valence-corrected chi connectivity index (χ2v) is 5.66. The van der Waals surface area contributed by atoms with Gasteiger partial charge in [0.1, 0.15) is 18.0 Å². The van der Waals surface area contributed by atoms with Crippen LogP contribution in [0.15, 0.2) is 54.9 Å². The predicted molar refractivity (Wildman–Crippen MR) is 98.9 cm³/mol. The molecule has 0 fully saturated rings. The molecule has 1 aromatic carbocycles. The van der Waals surface area contributed by atoms with Crippen LogP contribution < -0.4 is 15.2 Å². The maximum absolute atomic E-state index is 5.82. The van der Waals surface area contributed by atoms with E-state index in [2.05, 4.69) is 19.9 Å². The number of methoxy groups -OCH3 is 1. The van der Waals surface area contributed by atoms with E-state index in [1.54, 1.807) is 25.4 Å². The third-order valence-electron chi connectivity index (χ3n) is 3.98. The highest BCUT2D eigenvalue weighted by atomic mass is 16.5. The van der Waals surface area contributed by atoms with Crippen molar-refractivity contribution in [2.45, 2.75) is 6.61 Å². The van der Waals surface area contributed by atoms with Gasteiger partial charge in [-0.25, -0.2) is 9.97 Å². The molecule has 0 aliphatic rings. The van der Waals surface area contributed by atoms with Gasteiger partial charge in [-0.1, -0.05) is 30.3 Å². The average Bonchev–Trinajstić information content (AvgIpc) is 3.10. The molecular weight excluding hydrogens is 330 g/mol. The molecule has 0 atom stereocenters. The van der Waals surface area contributed by atoms with Crippen LogP contribution in [-0.4, -0.2) is 27.0 Å². The number of aromatic nitrogens is 4. The smallest absolute Gasteiger partial charge is 0.220 e. The van der Waals surface area contributed by atoms with Crippen molar-refractivity contribution < 1.29 is 9.47 Å². The van der Waals surface area contributed by atoms with Gasteiger partial charge in [0.15, 0.2) is 0 Å². The van der Waals surface area contributed by atoms with Gasteiger partial charge in [-0.05, 0) is 11.6 Å². The van der Waals surface area contributed by atoms with Gasteiger partial charge in [0.05, 0.1) is 18.2 Å². The largest absolute Gasteiger partial charge is 0.496 e. The Kier molecular flexibility index (Phi) is 4.10. The lowest BCUT2D eigenvalue weighted by Gasteiger charge is -2.09. The van der Waals surface area contributed by atoms with Crippen LogP contribution in [0.1, 0.15) is 5.56 Å². The van der Waals surface area contributed by atoms with Gasteiger partial charge >= 0.3 is 0 Å². The number of benzene rings is 1. The Hall–Kier alpha value is -3.61. The molecule has 4 rings (SSSR count). The van der Waals surface area contributed by atoms with Crippen LogP contribution in [0.2, 0.25) is 0 Å². The van der Waals surface area contributed by atoms with Crippen molar-refractivity contribution in [1.82, 2.24) is 19.9 Å². The minimum atomic E-state index is 0.214. The van der Waals surface area contributed by atoms with Gasteiger partial charge in [0.25, 0.3) is 0 Å². The van der Waals surface area contributed by atoms with E-state index < -0.39 is 0 Å². The highest BCUT2D eigenvalue weighted by Gasteiger charge is 2.16. The van der Waals surface area contributed by atoms with Crippen molar-refractivity contribution >= 4 is 17.0 Å². The number of hydrogen-bond donors (Lipinski definition) is 2. The fourth-order valence-corrected chi connectivity index (χ4v) is 2.77. The number of nitrogen functional groups attached to an aromatic ring is 1. The first-order chi connectivity index (χ1) is 12.7. The lowest BCUT2D eigenvalue weighted by Crippen LogP contribution is -1.98. The highest BCUT2D eigenvalue weighted by molar-refractivity contribution is 5.97. The molecule has 0 saturated carbocycles. The Morgan fingerprint density at radius 1 is 1.12 bits per heavy atom. The van der Waals surface area contributed by atoms with Crippen LogP contribution >= 0.6 is 0 Å². The fraction of sp³-hybridized carbons (Fsp3) is 0.105. The number of nitrogens with one attached hydrogen (secondary N) is 1. The van der Waals surface area contributed by atoms with Crippen molar-refractivity contribution in [3.8, 4) is 22.9 Å². The van der Waals surface area contributed by atoms with Crippen molar-refractivity contribution in [1.29, 1.82) is 0 Å². The molecule has 130 valence electrons. The molecule has 26 heavy (non-hydrogen) atoms. The van der Waals surface area contributed by atoms with Crippen LogP contribution in [0.3, 0.4) is 0 Å². The number of nitrogens with zero attached hydrogens (tertiary/aromatic N) is 3. The minimum absolute atomic E-state index is 0.214. The summed E-state index contributed by atoms with van der Waals surface area (Å²) < 4.78 is 11.4. The molecule has 7 nitrogen and oxygen atoms in total. The molecule has 0 spiro atoms. The Morgan fingerprint density at radius 3 is 2.73 bits per heavy atom. The summed E-state index contributed by atoms with van der Waals surface area (Å²) in [5.74, 6) is 1.34. The lowest BCUT2D eigenvalue weighted by molar-refractivity contribution is 0.292. The molecule has 3 N–H and O–H groups in total. The van der Waals surface area contributed by atoms with Gasteiger partial charge in [0, 0.05) is 24.0 Å². The molecule has 0 radical (unpaired) electrons. The number of fused-ring (bicyclic) bond motifs is 1. The van der Waals surface area contributed by atoms with Crippen molar-refractivity contribution in [3.05, 3.63) is 60.4 Å². The topological polar surface area (TPSA) is 98.9 Å². The van der Waals surface area contributed by atoms with Crippen LogP contribution in [0.25, 0.3) is 22.3 Å². The fourth-order valence-electron chi connectivity index (χ4n) is 2.77. The van der Waals surface area contributed by atoms with E-state index in [0.717, 1.165) is 16.5 Å². The van der Waals surface area contributed by atoms with E-state index in [0.29, 0.717) is 29.6 Å². The van der Waals surface area contributed by atoms with Crippen LogP contribution in [-0.2, 0) is 6.61 Å². The first-order valence-electron chi connectivity index (χ1n) is 8.06. The minimum Gasteiger partial charge on any atom is -0.496 e.